The number of benzene rings is 3. The topological polar surface area (TPSA) is 125 Å². The van der Waals surface area contributed by atoms with Crippen molar-refractivity contribution in [1.29, 1.82) is 0 Å². The molecule has 0 atom stereocenters. The molecule has 0 saturated heterocycles. The van der Waals surface area contributed by atoms with Gasteiger partial charge in [0.05, 0.1) is 23.2 Å². The lowest BCUT2D eigenvalue weighted by molar-refractivity contribution is -0.384. The van der Waals surface area contributed by atoms with E-state index in [2.05, 4.69) is 5.32 Å². The summed E-state index contributed by atoms with van der Waals surface area (Å²) in [5, 5.41) is 14.1. The highest BCUT2D eigenvalue weighted by molar-refractivity contribution is 6.30. The third-order valence-corrected chi connectivity index (χ3v) is 4.84. The summed E-state index contributed by atoms with van der Waals surface area (Å²) in [6, 6.07) is 16.2. The van der Waals surface area contributed by atoms with Crippen molar-refractivity contribution < 1.29 is 28.8 Å². The number of halogens is 1. The van der Waals surface area contributed by atoms with Gasteiger partial charge in [0.15, 0.2) is 12.4 Å². The molecule has 0 aliphatic carbocycles. The third-order valence-electron chi connectivity index (χ3n) is 4.58. The molecular formula is C24H19ClN2O7. The van der Waals surface area contributed by atoms with E-state index in [1.165, 1.54) is 42.5 Å². The summed E-state index contributed by atoms with van der Waals surface area (Å²) in [5.41, 5.74) is -0.0535. The molecule has 1 amide bonds. The summed E-state index contributed by atoms with van der Waals surface area (Å²) in [7, 11) is 0. The zero-order valence-electron chi connectivity index (χ0n) is 17.9. The molecule has 0 aliphatic heterocycles. The maximum absolute atomic E-state index is 12.8. The Morgan fingerprint density at radius 1 is 1.00 bits per heavy atom. The van der Waals surface area contributed by atoms with Crippen molar-refractivity contribution >= 4 is 40.6 Å². The van der Waals surface area contributed by atoms with Crippen LogP contribution in [0.15, 0.2) is 66.7 Å². The number of ketones is 1. The van der Waals surface area contributed by atoms with Crippen molar-refractivity contribution in [3.63, 3.8) is 0 Å². The first kappa shape index (κ1) is 24.4. The molecule has 0 heterocycles. The number of amides is 1. The number of carbonyl (C=O) groups is 3. The lowest BCUT2D eigenvalue weighted by atomic mass is 9.98. The van der Waals surface area contributed by atoms with Crippen LogP contribution >= 0.6 is 11.6 Å². The Morgan fingerprint density at radius 3 is 2.32 bits per heavy atom. The Balaban J connectivity index is 1.70. The van der Waals surface area contributed by atoms with Crippen LogP contribution in [-0.4, -0.2) is 35.8 Å². The molecule has 9 nitrogen and oxygen atoms in total. The summed E-state index contributed by atoms with van der Waals surface area (Å²) < 4.78 is 10.3. The molecule has 10 heteroatoms. The predicted octanol–water partition coefficient (Wildman–Crippen LogP) is 4.67. The minimum atomic E-state index is -0.894. The van der Waals surface area contributed by atoms with E-state index in [0.29, 0.717) is 17.2 Å². The van der Waals surface area contributed by atoms with Gasteiger partial charge in [0.25, 0.3) is 11.6 Å². The van der Waals surface area contributed by atoms with E-state index in [0.717, 1.165) is 0 Å². The molecule has 0 saturated carbocycles. The number of carbonyl (C=O) groups excluding carboxylic acids is 3. The monoisotopic (exact) mass is 482 g/mol. The van der Waals surface area contributed by atoms with Gasteiger partial charge in [0, 0.05) is 16.1 Å². The minimum Gasteiger partial charge on any atom is -0.494 e. The van der Waals surface area contributed by atoms with Gasteiger partial charge in [-0.15, -0.1) is 0 Å². The Bertz CT molecular complexity index is 1240. The average Bonchev–Trinajstić information content (AvgIpc) is 2.83. The van der Waals surface area contributed by atoms with Gasteiger partial charge in [-0.1, -0.05) is 29.8 Å². The second kappa shape index (κ2) is 11.1. The lowest BCUT2D eigenvalue weighted by Gasteiger charge is -2.10. The fourth-order valence-corrected chi connectivity index (χ4v) is 3.16. The van der Waals surface area contributed by atoms with Crippen molar-refractivity contribution in [2.45, 2.75) is 6.92 Å². The molecule has 3 aromatic carbocycles. The van der Waals surface area contributed by atoms with Crippen LogP contribution in [0.3, 0.4) is 0 Å². The van der Waals surface area contributed by atoms with Crippen LogP contribution in [0, 0.1) is 10.1 Å². The zero-order valence-corrected chi connectivity index (χ0v) is 18.7. The lowest BCUT2D eigenvalue weighted by Crippen LogP contribution is -2.22. The minimum absolute atomic E-state index is 0.0257. The van der Waals surface area contributed by atoms with Gasteiger partial charge in [-0.3, -0.25) is 19.7 Å². The SMILES string of the molecule is CCOc1ccc(NC(=O)COC(=O)c2ccccc2C(=O)c2ccc(Cl)cc2)c([N+](=O)[O-])c1. The van der Waals surface area contributed by atoms with Crippen molar-refractivity contribution in [3.8, 4) is 5.75 Å². The van der Waals surface area contributed by atoms with Crippen LogP contribution in [0.4, 0.5) is 11.4 Å². The van der Waals surface area contributed by atoms with Crippen molar-refractivity contribution in [1.82, 2.24) is 0 Å². The molecule has 0 bridgehead atoms. The maximum Gasteiger partial charge on any atom is 0.339 e. The van der Waals surface area contributed by atoms with Crippen LogP contribution in [0.1, 0.15) is 33.2 Å². The Kier molecular flexibility index (Phi) is 7.94. The highest BCUT2D eigenvalue weighted by Crippen LogP contribution is 2.29. The van der Waals surface area contributed by atoms with E-state index < -0.39 is 29.2 Å². The molecule has 0 aromatic heterocycles. The highest BCUT2D eigenvalue weighted by atomic mass is 35.5. The summed E-state index contributed by atoms with van der Waals surface area (Å²) in [6.07, 6.45) is 0. The van der Waals surface area contributed by atoms with Crippen LogP contribution < -0.4 is 10.1 Å². The van der Waals surface area contributed by atoms with Gasteiger partial charge < -0.3 is 14.8 Å². The second-order valence-corrected chi connectivity index (χ2v) is 7.31. The zero-order chi connectivity index (χ0) is 24.7. The molecule has 3 rings (SSSR count). The van der Waals surface area contributed by atoms with Crippen LogP contribution in [0.5, 0.6) is 5.75 Å². The molecule has 174 valence electrons. The van der Waals surface area contributed by atoms with Crippen LogP contribution in [0.25, 0.3) is 0 Å². The first-order chi connectivity index (χ1) is 16.3. The summed E-state index contributed by atoms with van der Waals surface area (Å²) >= 11 is 5.85. The molecule has 34 heavy (non-hydrogen) atoms. The number of rotatable bonds is 9. The quantitative estimate of drug-likeness (QED) is 0.203. The smallest absolute Gasteiger partial charge is 0.339 e. The number of hydrogen-bond acceptors (Lipinski definition) is 7. The first-order valence-electron chi connectivity index (χ1n) is 10.1. The van der Waals surface area contributed by atoms with Gasteiger partial charge in [-0.25, -0.2) is 4.79 Å². The Hall–Kier alpha value is -4.24. The van der Waals surface area contributed by atoms with E-state index in [1.54, 1.807) is 31.2 Å². The average molecular weight is 483 g/mol. The first-order valence-corrected chi connectivity index (χ1v) is 10.5. The van der Waals surface area contributed by atoms with Crippen molar-refractivity contribution in [2.24, 2.45) is 0 Å². The van der Waals surface area contributed by atoms with Crippen molar-refractivity contribution in [3.05, 3.63) is 98.6 Å². The van der Waals surface area contributed by atoms with Gasteiger partial charge in [0.1, 0.15) is 11.4 Å². The number of ether oxygens (including phenoxy) is 2. The largest absolute Gasteiger partial charge is 0.494 e. The number of hydrogen-bond donors (Lipinski definition) is 1. The molecule has 0 aliphatic rings. The molecule has 0 radical (unpaired) electrons. The van der Waals surface area contributed by atoms with E-state index in [9.17, 15) is 24.5 Å². The normalized spacial score (nSPS) is 10.3. The number of nitro benzene ring substituents is 1. The standard InChI is InChI=1S/C24H19ClN2O7/c1-2-33-17-11-12-20(21(13-17)27(31)32)26-22(28)14-34-24(30)19-6-4-3-5-18(19)23(29)15-7-9-16(25)10-8-15/h3-13H,2,14H2,1H3,(H,26,28). The van der Waals surface area contributed by atoms with E-state index in [-0.39, 0.29) is 28.3 Å². The Morgan fingerprint density at radius 2 is 1.68 bits per heavy atom. The molecule has 3 aromatic rings. The number of anilines is 1. The summed E-state index contributed by atoms with van der Waals surface area (Å²) in [5.74, 6) is -1.82. The maximum atomic E-state index is 12.8. The number of nitrogens with zero attached hydrogens (tertiary/aromatic N) is 1. The molecule has 0 fully saturated rings. The van der Waals surface area contributed by atoms with E-state index >= 15 is 0 Å². The van der Waals surface area contributed by atoms with Gasteiger partial charge in [-0.05, 0) is 49.4 Å². The number of esters is 1. The van der Waals surface area contributed by atoms with Crippen LogP contribution in [-0.2, 0) is 9.53 Å². The third kappa shape index (κ3) is 5.96. The van der Waals surface area contributed by atoms with E-state index in [4.69, 9.17) is 21.1 Å². The fourth-order valence-electron chi connectivity index (χ4n) is 3.04. The molecule has 1 N–H and O–H groups in total. The summed E-state index contributed by atoms with van der Waals surface area (Å²) in [4.78, 5) is 48.4. The Labute approximate surface area is 199 Å². The van der Waals surface area contributed by atoms with Gasteiger partial charge >= 0.3 is 5.97 Å². The molecule has 0 spiro atoms. The predicted molar refractivity (Wildman–Crippen MR) is 125 cm³/mol. The number of nitro groups is 1. The van der Waals surface area contributed by atoms with E-state index in [1.807, 2.05) is 0 Å². The second-order valence-electron chi connectivity index (χ2n) is 6.87. The fraction of sp³-hybridized carbons (Fsp3) is 0.125. The number of nitrogens with one attached hydrogen (secondary N) is 1. The van der Waals surface area contributed by atoms with Crippen molar-refractivity contribution in [2.75, 3.05) is 18.5 Å². The van der Waals surface area contributed by atoms with Gasteiger partial charge in [0.2, 0.25) is 0 Å². The molecule has 0 unspecified atom stereocenters. The van der Waals surface area contributed by atoms with Gasteiger partial charge in [-0.2, -0.15) is 0 Å². The molecular weight excluding hydrogens is 464 g/mol. The summed E-state index contributed by atoms with van der Waals surface area (Å²) in [6.45, 7) is 1.34. The van der Waals surface area contributed by atoms with Crippen LogP contribution in [0.2, 0.25) is 5.02 Å². The highest BCUT2D eigenvalue weighted by Gasteiger charge is 2.21.